The zero-order valence-corrected chi connectivity index (χ0v) is 28.9. The topological polar surface area (TPSA) is 6.48 Å². The molecule has 2 aliphatic heterocycles. The Morgan fingerprint density at radius 3 is 1.79 bits per heavy atom. The molecule has 0 N–H and O–H groups in total. The fraction of sp³-hybridized carbons (Fsp3) is 0.0417. The zero-order valence-electron chi connectivity index (χ0n) is 31.0. The first kappa shape index (κ1) is 25.8. The molecule has 0 saturated heterocycles. The van der Waals surface area contributed by atoms with Crippen molar-refractivity contribution < 1.29 is 4.11 Å². The molecule has 2 aliphatic carbocycles. The van der Waals surface area contributed by atoms with Gasteiger partial charge in [-0.3, -0.25) is 0 Å². The molecule has 3 heterocycles. The molecule has 52 heavy (non-hydrogen) atoms. The van der Waals surface area contributed by atoms with Gasteiger partial charge in [0.1, 0.15) is 0 Å². The number of fused-ring (bicyclic) bond motifs is 15. The van der Waals surface area contributed by atoms with Gasteiger partial charge in [0.2, 0.25) is 0 Å². The highest BCUT2D eigenvalue weighted by Gasteiger charge is 2.56. The van der Waals surface area contributed by atoms with Crippen LogP contribution < -0.4 is 25.5 Å². The highest BCUT2D eigenvalue weighted by atomic mass is 32.1. The molecule has 0 amide bonds. The lowest BCUT2D eigenvalue weighted by Gasteiger charge is -2.43. The van der Waals surface area contributed by atoms with Gasteiger partial charge in [0.15, 0.2) is 0 Å². The van der Waals surface area contributed by atoms with Crippen molar-refractivity contribution in [3.8, 4) is 22.3 Å². The maximum atomic E-state index is 8.02. The Morgan fingerprint density at radius 1 is 0.519 bits per heavy atom. The third kappa shape index (κ3) is 3.41. The zero-order chi connectivity index (χ0) is 36.6. The largest absolute Gasteiger partial charge is 0.311 e. The Kier molecular flexibility index (Phi) is 5.08. The molecule has 0 bridgehead atoms. The van der Waals surface area contributed by atoms with Crippen LogP contribution in [0.25, 0.3) is 22.3 Å². The van der Waals surface area contributed by atoms with Gasteiger partial charge in [-0.15, -0.1) is 11.3 Å². The maximum Gasteiger partial charge on any atom is 0.264 e. The van der Waals surface area contributed by atoms with Crippen molar-refractivity contribution in [1.82, 2.24) is 0 Å². The lowest BCUT2D eigenvalue weighted by atomic mass is 9.36. The predicted octanol–water partition coefficient (Wildman–Crippen LogP) is 10.5. The van der Waals surface area contributed by atoms with E-state index < -0.39 is 12.3 Å². The predicted molar refractivity (Wildman–Crippen MR) is 219 cm³/mol. The van der Waals surface area contributed by atoms with E-state index in [-0.39, 0.29) is 6.71 Å². The van der Waals surface area contributed by atoms with E-state index in [1.165, 1.54) is 65.2 Å². The Morgan fingerprint density at radius 2 is 1.08 bits per heavy atom. The van der Waals surface area contributed by atoms with Gasteiger partial charge in [-0.25, -0.2) is 0 Å². The van der Waals surface area contributed by atoms with E-state index in [1.807, 2.05) is 23.5 Å². The van der Waals surface area contributed by atoms with Crippen LogP contribution in [0.2, 0.25) is 0 Å². The van der Waals surface area contributed by atoms with E-state index in [9.17, 15) is 0 Å². The van der Waals surface area contributed by atoms with Crippen LogP contribution in [-0.4, -0.2) is 6.71 Å². The molecular weight excluding hydrogens is 647 g/mol. The van der Waals surface area contributed by atoms with Crippen LogP contribution in [0.1, 0.15) is 31.2 Å². The average molecular weight is 682 g/mol. The Balaban J connectivity index is 1.19. The molecule has 0 unspecified atom stereocenters. The third-order valence-electron chi connectivity index (χ3n) is 11.7. The van der Waals surface area contributed by atoms with E-state index in [2.05, 4.69) is 155 Å². The van der Waals surface area contributed by atoms with Crippen LogP contribution in [0.4, 0.5) is 34.1 Å². The highest BCUT2D eigenvalue weighted by molar-refractivity contribution is 7.30. The minimum Gasteiger partial charge on any atom is -0.311 e. The molecule has 0 fully saturated rings. The van der Waals surface area contributed by atoms with Gasteiger partial charge >= 0.3 is 0 Å². The highest BCUT2D eigenvalue weighted by Crippen LogP contribution is 2.66. The summed E-state index contributed by atoms with van der Waals surface area (Å²) in [5.74, 6) is 0. The minimum atomic E-state index is -2.17. The van der Waals surface area contributed by atoms with Crippen molar-refractivity contribution in [2.45, 2.75) is 12.3 Å². The summed E-state index contributed by atoms with van der Waals surface area (Å²) in [6, 6.07) is 60.9. The second-order valence-electron chi connectivity index (χ2n) is 14.2. The summed E-state index contributed by atoms with van der Waals surface area (Å²) in [6.45, 7) is -2.18. The monoisotopic (exact) mass is 681 g/mol. The molecule has 4 aliphatic rings. The summed E-state index contributed by atoms with van der Waals surface area (Å²) in [6.07, 6.45) is 0. The fourth-order valence-corrected chi connectivity index (χ4v) is 11.5. The molecule has 4 heteroatoms. The van der Waals surface area contributed by atoms with Gasteiger partial charge < -0.3 is 9.80 Å². The number of rotatable bonds is 2. The van der Waals surface area contributed by atoms with E-state index in [0.717, 1.165) is 28.4 Å². The number of para-hydroxylation sites is 2. The molecule has 2 nitrogen and oxygen atoms in total. The normalized spacial score (nSPS) is 15.8. The van der Waals surface area contributed by atoms with Gasteiger partial charge in [-0.1, -0.05) is 133 Å². The van der Waals surface area contributed by atoms with E-state index in [4.69, 9.17) is 4.11 Å². The van der Waals surface area contributed by atoms with Crippen molar-refractivity contribution in [3.63, 3.8) is 0 Å². The van der Waals surface area contributed by atoms with Crippen molar-refractivity contribution in [2.24, 2.45) is 0 Å². The van der Waals surface area contributed by atoms with E-state index in [1.54, 1.807) is 12.1 Å². The molecule has 1 aromatic heterocycles. The SMILES string of the molecule is [2H]C([2H])([2H])c1ccc(N2c3ccccc3B3c4sc5c(c4N(c4ccccc4)c4cccc2c43)-c2ccccc2C52c3ccccc3-c3ccccc32)cc1. The average Bonchev–Trinajstić information content (AvgIpc) is 3.85. The molecule has 242 valence electrons. The smallest absolute Gasteiger partial charge is 0.264 e. The maximum absolute atomic E-state index is 8.02. The summed E-state index contributed by atoms with van der Waals surface area (Å²) in [7, 11) is 0. The summed E-state index contributed by atoms with van der Waals surface area (Å²) < 4.78 is 25.4. The molecule has 0 radical (unpaired) electrons. The number of hydrogen-bond acceptors (Lipinski definition) is 3. The molecule has 8 aromatic rings. The first-order chi connectivity index (χ1) is 27.0. The Hall–Kier alpha value is -6.10. The second-order valence-corrected chi connectivity index (χ2v) is 15.2. The summed E-state index contributed by atoms with van der Waals surface area (Å²) in [5, 5.41) is 0. The van der Waals surface area contributed by atoms with Crippen LogP contribution in [0.3, 0.4) is 0 Å². The third-order valence-corrected chi connectivity index (χ3v) is 13.1. The minimum absolute atomic E-state index is 0.0121. The Labute approximate surface area is 312 Å². The Bertz CT molecular complexity index is 2850. The second kappa shape index (κ2) is 10.2. The number of nitrogens with zero attached hydrogens (tertiary/aromatic N) is 2. The van der Waals surface area contributed by atoms with Crippen LogP contribution in [0.5, 0.6) is 0 Å². The first-order valence-electron chi connectivity index (χ1n) is 19.4. The molecule has 7 aromatic carbocycles. The van der Waals surface area contributed by atoms with Crippen LogP contribution in [-0.2, 0) is 5.41 Å². The number of benzene rings is 7. The van der Waals surface area contributed by atoms with Crippen molar-refractivity contribution in [1.29, 1.82) is 0 Å². The van der Waals surface area contributed by atoms with E-state index >= 15 is 0 Å². The van der Waals surface area contributed by atoms with Gasteiger partial charge in [0, 0.05) is 47.8 Å². The molecule has 0 atom stereocenters. The van der Waals surface area contributed by atoms with Crippen LogP contribution in [0.15, 0.2) is 170 Å². The number of aryl methyl sites for hydroxylation is 1. The molecule has 12 rings (SSSR count). The summed E-state index contributed by atoms with van der Waals surface area (Å²) in [4.78, 5) is 6.22. The quantitative estimate of drug-likeness (QED) is 0.168. The van der Waals surface area contributed by atoms with Gasteiger partial charge in [0.05, 0.1) is 11.1 Å². The summed E-state index contributed by atoms with van der Waals surface area (Å²) in [5.41, 5.74) is 18.4. The molecule has 0 saturated carbocycles. The van der Waals surface area contributed by atoms with E-state index in [0.29, 0.717) is 5.56 Å². The lowest BCUT2D eigenvalue weighted by molar-refractivity contribution is 0.811. The van der Waals surface area contributed by atoms with Crippen molar-refractivity contribution in [2.75, 3.05) is 9.80 Å². The van der Waals surface area contributed by atoms with Crippen molar-refractivity contribution in [3.05, 3.63) is 197 Å². The lowest BCUT2D eigenvalue weighted by Crippen LogP contribution is -2.60. The number of hydrogen-bond donors (Lipinski definition) is 0. The number of anilines is 6. The fourth-order valence-electron chi connectivity index (χ4n) is 9.87. The van der Waals surface area contributed by atoms with Crippen LogP contribution >= 0.6 is 11.3 Å². The van der Waals surface area contributed by atoms with Gasteiger partial charge in [-0.2, -0.15) is 0 Å². The first-order valence-corrected chi connectivity index (χ1v) is 18.7. The molecular formula is C48H31BN2S. The molecule has 1 spiro atoms. The number of thiophene rings is 1. The van der Waals surface area contributed by atoms with Gasteiger partial charge in [-0.05, 0) is 93.6 Å². The standard InChI is InChI=1S/C48H31BN2S/c1-30-26-28-32(29-27-30)50-40-23-12-11-22-39(40)49-44-41(50)24-13-25-42(44)51(31-14-3-2-4-15-31)45-43-35-18-7-10-21-38(35)48(46(43)52-47(45)49)36-19-8-5-16-33(36)34-17-6-9-20-37(34)48/h2-29H,1H3/i1D3. The van der Waals surface area contributed by atoms with Crippen molar-refractivity contribution >= 4 is 67.9 Å². The van der Waals surface area contributed by atoms with Gasteiger partial charge in [0.25, 0.3) is 6.71 Å². The van der Waals surface area contributed by atoms with Crippen LogP contribution in [0, 0.1) is 6.85 Å². The summed E-state index contributed by atoms with van der Waals surface area (Å²) >= 11 is 1.98.